The number of amidine groups is 1. The molecule has 2 aromatic rings. The molecule has 0 saturated carbocycles. The molecule has 5 rings (SSSR count). The van der Waals surface area contributed by atoms with Crippen LogP contribution in [-0.4, -0.2) is 72.4 Å². The molecule has 0 spiro atoms. The number of esters is 1. The number of nitrogens with zero attached hydrogens (tertiary/aromatic N) is 4. The Morgan fingerprint density at radius 3 is 2.78 bits per heavy atom. The predicted octanol–water partition coefficient (Wildman–Crippen LogP) is 3.10. The van der Waals surface area contributed by atoms with E-state index in [2.05, 4.69) is 15.2 Å². The number of fused-ring (bicyclic) bond motifs is 1. The molecule has 9 nitrogen and oxygen atoms in total. The minimum absolute atomic E-state index is 0.0144. The molecule has 1 amide bonds. The van der Waals surface area contributed by atoms with E-state index in [-0.39, 0.29) is 28.5 Å². The second-order valence-electron chi connectivity index (χ2n) is 8.90. The Labute approximate surface area is 222 Å². The lowest BCUT2D eigenvalue weighted by atomic mass is 9.86. The highest BCUT2D eigenvalue weighted by Gasteiger charge is 2.51. The molecule has 1 N–H and O–H groups in total. The highest BCUT2D eigenvalue weighted by molar-refractivity contribution is 7.11. The van der Waals surface area contributed by atoms with Crippen LogP contribution in [0.15, 0.2) is 58.0 Å². The van der Waals surface area contributed by atoms with E-state index in [1.54, 1.807) is 26.5 Å². The molecule has 2 fully saturated rings. The largest absolute Gasteiger partial charge is 0.503 e. The van der Waals surface area contributed by atoms with Gasteiger partial charge in [-0.2, -0.15) is 0 Å². The van der Waals surface area contributed by atoms with Gasteiger partial charge in [0.1, 0.15) is 18.1 Å². The van der Waals surface area contributed by atoms with Gasteiger partial charge in [-0.15, -0.1) is 11.3 Å². The summed E-state index contributed by atoms with van der Waals surface area (Å²) in [6, 6.07) is 3.22. The summed E-state index contributed by atoms with van der Waals surface area (Å²) in [5.41, 5.74) is 2.22. The van der Waals surface area contributed by atoms with Gasteiger partial charge in [-0.1, -0.05) is 17.7 Å². The van der Waals surface area contributed by atoms with Gasteiger partial charge in [0.25, 0.3) is 0 Å². The van der Waals surface area contributed by atoms with Crippen molar-refractivity contribution < 1.29 is 23.5 Å². The second kappa shape index (κ2) is 10.1. The van der Waals surface area contributed by atoms with Crippen LogP contribution in [0.1, 0.15) is 23.5 Å². The second-order valence-corrected chi connectivity index (χ2v) is 10.2. The monoisotopic (exact) mass is 545 g/mol. The Morgan fingerprint density at radius 1 is 1.32 bits per heavy atom. The van der Waals surface area contributed by atoms with Gasteiger partial charge in [0.15, 0.2) is 10.8 Å². The van der Waals surface area contributed by atoms with Crippen LogP contribution in [0, 0.1) is 11.7 Å². The van der Waals surface area contributed by atoms with Crippen molar-refractivity contribution in [2.75, 3.05) is 33.9 Å². The lowest BCUT2D eigenvalue weighted by Gasteiger charge is -2.48. The average molecular weight is 546 g/mol. The SMILES string of the molecule is CO/C=C1\C2CN(C(C)=O)CC2N1CC1=C(C(=O)OC)[C@H](c2ccc(F)cc2Cl)N=C(c2nccs2)N1. The first-order valence-electron chi connectivity index (χ1n) is 11.6. The molecule has 0 bridgehead atoms. The van der Waals surface area contributed by atoms with Gasteiger partial charge >= 0.3 is 5.97 Å². The first kappa shape index (κ1) is 25.2. The smallest absolute Gasteiger partial charge is 0.338 e. The first-order valence-corrected chi connectivity index (χ1v) is 12.8. The summed E-state index contributed by atoms with van der Waals surface area (Å²) in [5.74, 6) is -0.451. The van der Waals surface area contributed by atoms with Crippen LogP contribution in [0.2, 0.25) is 5.02 Å². The van der Waals surface area contributed by atoms with Gasteiger partial charge in [0.2, 0.25) is 5.91 Å². The molecule has 3 atom stereocenters. The van der Waals surface area contributed by atoms with E-state index in [0.717, 1.165) is 5.70 Å². The summed E-state index contributed by atoms with van der Waals surface area (Å²) in [6.45, 7) is 3.04. The van der Waals surface area contributed by atoms with E-state index in [0.29, 0.717) is 41.7 Å². The molecule has 1 aromatic heterocycles. The summed E-state index contributed by atoms with van der Waals surface area (Å²) in [6.07, 6.45) is 3.34. The number of amides is 1. The number of nitrogens with one attached hydrogen (secondary N) is 1. The molecule has 2 unspecified atom stereocenters. The Bertz CT molecular complexity index is 1330. The summed E-state index contributed by atoms with van der Waals surface area (Å²) >= 11 is 7.82. The van der Waals surface area contributed by atoms with Gasteiger partial charge in [-0.3, -0.25) is 9.79 Å². The number of carbonyl (C=O) groups is 2. The van der Waals surface area contributed by atoms with Crippen molar-refractivity contribution in [1.29, 1.82) is 0 Å². The topological polar surface area (TPSA) is 96.4 Å². The zero-order valence-corrected chi connectivity index (χ0v) is 22.0. The molecule has 37 heavy (non-hydrogen) atoms. The number of ether oxygens (including phenoxy) is 2. The number of aromatic nitrogens is 1. The Hall–Kier alpha value is -3.44. The molecule has 4 heterocycles. The van der Waals surface area contributed by atoms with Crippen molar-refractivity contribution in [3.8, 4) is 0 Å². The summed E-state index contributed by atoms with van der Waals surface area (Å²) in [5, 5.41) is 5.90. The molecule has 3 aliphatic heterocycles. The maximum atomic E-state index is 13.9. The third-order valence-corrected chi connectivity index (χ3v) is 7.94. The minimum atomic E-state index is -0.847. The van der Waals surface area contributed by atoms with Crippen molar-refractivity contribution in [3.63, 3.8) is 0 Å². The number of hydrogen-bond donors (Lipinski definition) is 1. The zero-order valence-electron chi connectivity index (χ0n) is 20.4. The predicted molar refractivity (Wildman–Crippen MR) is 136 cm³/mol. The molecule has 0 radical (unpaired) electrons. The van der Waals surface area contributed by atoms with E-state index in [1.165, 1.54) is 36.6 Å². The van der Waals surface area contributed by atoms with E-state index < -0.39 is 17.8 Å². The molecule has 3 aliphatic rings. The van der Waals surface area contributed by atoms with Gasteiger partial charge in [0, 0.05) is 53.8 Å². The number of thiazole rings is 1. The number of aliphatic imine (C=N–C) groups is 1. The van der Waals surface area contributed by atoms with Crippen LogP contribution in [0.5, 0.6) is 0 Å². The normalized spacial score (nSPS) is 23.9. The Balaban J connectivity index is 1.58. The highest BCUT2D eigenvalue weighted by Crippen LogP contribution is 2.43. The van der Waals surface area contributed by atoms with Crippen LogP contribution < -0.4 is 5.32 Å². The molecule has 1 aromatic carbocycles. The molecule has 12 heteroatoms. The van der Waals surface area contributed by atoms with Crippen molar-refractivity contribution in [2.45, 2.75) is 19.0 Å². The maximum absolute atomic E-state index is 13.9. The van der Waals surface area contributed by atoms with E-state index in [4.69, 9.17) is 26.1 Å². The number of carbonyl (C=O) groups excluding carboxylic acids is 2. The maximum Gasteiger partial charge on any atom is 0.338 e. The average Bonchev–Trinajstić information content (AvgIpc) is 3.54. The Kier molecular flexibility index (Phi) is 6.91. The van der Waals surface area contributed by atoms with Crippen LogP contribution in [0.4, 0.5) is 4.39 Å². The fraction of sp³-hybridized carbons (Fsp3) is 0.360. The third kappa shape index (κ3) is 4.57. The quantitative estimate of drug-likeness (QED) is 0.440. The Morgan fingerprint density at radius 2 is 2.14 bits per heavy atom. The van der Waals surface area contributed by atoms with E-state index in [9.17, 15) is 14.0 Å². The zero-order chi connectivity index (χ0) is 26.3. The molecular formula is C25H25ClFN5O4S. The van der Waals surface area contributed by atoms with Crippen molar-refractivity contribution in [2.24, 2.45) is 10.9 Å². The summed E-state index contributed by atoms with van der Waals surface area (Å²) in [4.78, 5) is 38.3. The number of hydrogen-bond acceptors (Lipinski definition) is 9. The fourth-order valence-corrected chi connectivity index (χ4v) is 5.95. The summed E-state index contributed by atoms with van der Waals surface area (Å²) < 4.78 is 24.4. The lowest BCUT2D eigenvalue weighted by molar-refractivity contribution is -0.136. The number of halogens is 2. The third-order valence-electron chi connectivity index (χ3n) is 6.84. The molecule has 194 valence electrons. The van der Waals surface area contributed by atoms with Crippen molar-refractivity contribution in [3.05, 3.63) is 74.4 Å². The van der Waals surface area contributed by atoms with E-state index in [1.807, 2.05) is 10.3 Å². The molecular weight excluding hydrogens is 521 g/mol. The van der Waals surface area contributed by atoms with Crippen LogP contribution in [0.3, 0.4) is 0 Å². The van der Waals surface area contributed by atoms with Crippen LogP contribution >= 0.6 is 22.9 Å². The van der Waals surface area contributed by atoms with Crippen molar-refractivity contribution in [1.82, 2.24) is 20.1 Å². The summed E-state index contributed by atoms with van der Waals surface area (Å²) in [7, 11) is 2.88. The number of rotatable bonds is 6. The van der Waals surface area contributed by atoms with Gasteiger partial charge < -0.3 is 24.6 Å². The minimum Gasteiger partial charge on any atom is -0.503 e. The van der Waals surface area contributed by atoms with Gasteiger partial charge in [0.05, 0.1) is 38.1 Å². The van der Waals surface area contributed by atoms with E-state index >= 15 is 0 Å². The fourth-order valence-electron chi connectivity index (χ4n) is 5.10. The number of benzene rings is 1. The van der Waals surface area contributed by atoms with Crippen LogP contribution in [0.25, 0.3) is 0 Å². The lowest BCUT2D eigenvalue weighted by Crippen LogP contribution is -2.55. The number of likely N-dealkylation sites (tertiary alicyclic amines) is 2. The molecule has 0 aliphatic carbocycles. The first-order chi connectivity index (χ1) is 17.8. The van der Waals surface area contributed by atoms with Gasteiger partial charge in [-0.05, 0) is 12.1 Å². The standard InChI is InChI=1S/C25H25ClFN5O4S/c1-13(33)31-9-16-19(11-31)32(20(16)12-35-2)10-18-21(25(34)36-3)22(15-5-4-14(27)8-17(15)26)30-23(29-18)24-28-6-7-37-24/h4-8,12,16,19,22H,9-11H2,1-3H3,(H,29,30)/b20-12+/t16?,19?,22-/m0/s1. The molecule has 2 saturated heterocycles. The highest BCUT2D eigenvalue weighted by atomic mass is 35.5. The van der Waals surface area contributed by atoms with Crippen LogP contribution in [-0.2, 0) is 19.1 Å². The van der Waals surface area contributed by atoms with Gasteiger partial charge in [-0.25, -0.2) is 14.2 Å². The van der Waals surface area contributed by atoms with Crippen molar-refractivity contribution >= 4 is 40.6 Å². The number of methoxy groups -OCH3 is 2.